The number of sulfone groups is 1. The van der Waals surface area contributed by atoms with Crippen LogP contribution in [0, 0.1) is 12.7 Å². The predicted molar refractivity (Wildman–Crippen MR) is 105 cm³/mol. The first-order chi connectivity index (χ1) is 12.7. The maximum Gasteiger partial charge on any atom is 0.265 e. The number of aryl methyl sites for hydroxylation is 1. The van der Waals surface area contributed by atoms with E-state index in [4.69, 9.17) is 11.6 Å². The van der Waals surface area contributed by atoms with Crippen LogP contribution in [0.2, 0.25) is 5.02 Å². The maximum atomic E-state index is 13.7. The third-order valence-corrected chi connectivity index (χ3v) is 7.47. The normalized spacial score (nSPS) is 14.3. The highest BCUT2D eigenvalue weighted by molar-refractivity contribution is 7.91. The molecule has 0 bridgehead atoms. The number of thiophene rings is 1. The summed E-state index contributed by atoms with van der Waals surface area (Å²) in [4.78, 5) is 13.8. The Bertz CT molecular complexity index is 1200. The second-order valence-corrected chi connectivity index (χ2v) is 9.73. The number of amides is 1. The molecule has 0 saturated carbocycles. The van der Waals surface area contributed by atoms with Crippen LogP contribution in [0.25, 0.3) is 10.4 Å². The lowest BCUT2D eigenvalue weighted by Gasteiger charge is -2.16. The number of nitrogens with one attached hydrogen (secondary N) is 1. The minimum absolute atomic E-state index is 0.178. The largest absolute Gasteiger partial charge is 0.321 e. The second kappa shape index (κ2) is 6.44. The van der Waals surface area contributed by atoms with Gasteiger partial charge in [-0.25, -0.2) is 12.8 Å². The van der Waals surface area contributed by atoms with Gasteiger partial charge in [0.2, 0.25) is 0 Å². The summed E-state index contributed by atoms with van der Waals surface area (Å²) in [6.07, 6.45) is 0. The van der Waals surface area contributed by atoms with Crippen LogP contribution in [-0.4, -0.2) is 14.3 Å². The summed E-state index contributed by atoms with van der Waals surface area (Å²) >= 11 is 7.15. The summed E-state index contributed by atoms with van der Waals surface area (Å²) in [6.45, 7) is 1.64. The summed E-state index contributed by atoms with van der Waals surface area (Å²) in [6, 6.07) is 10.7. The molecule has 1 aromatic heterocycles. The number of benzene rings is 2. The number of carbonyl (C=O) groups is 1. The Labute approximate surface area is 164 Å². The SMILES string of the molecule is Cc1ccc(NC(=O)c2cc3c(s2)-c2ccc(Cl)cc2S(=O)(=O)C3)cc1F. The van der Waals surface area contributed by atoms with E-state index in [1.807, 2.05) is 0 Å². The van der Waals surface area contributed by atoms with Gasteiger partial charge in [0.15, 0.2) is 9.84 Å². The molecule has 2 heterocycles. The molecule has 8 heteroatoms. The van der Waals surface area contributed by atoms with Crippen molar-refractivity contribution in [3.05, 3.63) is 69.3 Å². The van der Waals surface area contributed by atoms with Gasteiger partial charge in [-0.2, -0.15) is 0 Å². The highest BCUT2D eigenvalue weighted by Crippen LogP contribution is 2.43. The van der Waals surface area contributed by atoms with Crippen molar-refractivity contribution < 1.29 is 17.6 Å². The molecule has 1 amide bonds. The van der Waals surface area contributed by atoms with Crippen LogP contribution >= 0.6 is 22.9 Å². The molecule has 138 valence electrons. The topological polar surface area (TPSA) is 63.2 Å². The number of hydrogen-bond donors (Lipinski definition) is 1. The smallest absolute Gasteiger partial charge is 0.265 e. The van der Waals surface area contributed by atoms with Gasteiger partial charge in [0.1, 0.15) is 5.82 Å². The van der Waals surface area contributed by atoms with E-state index in [1.165, 1.54) is 23.5 Å². The van der Waals surface area contributed by atoms with Crippen LogP contribution in [0.4, 0.5) is 10.1 Å². The lowest BCUT2D eigenvalue weighted by atomic mass is 10.1. The summed E-state index contributed by atoms with van der Waals surface area (Å²) < 4.78 is 38.7. The molecular weight excluding hydrogens is 409 g/mol. The van der Waals surface area contributed by atoms with E-state index in [2.05, 4.69) is 5.32 Å². The second-order valence-electron chi connectivity index (χ2n) is 6.28. The van der Waals surface area contributed by atoms with Crippen molar-refractivity contribution >= 4 is 44.4 Å². The van der Waals surface area contributed by atoms with Gasteiger partial charge in [-0.1, -0.05) is 23.7 Å². The number of halogens is 2. The number of hydrogen-bond acceptors (Lipinski definition) is 4. The first-order valence-corrected chi connectivity index (χ1v) is 10.8. The fraction of sp³-hybridized carbons (Fsp3) is 0.105. The van der Waals surface area contributed by atoms with Crippen molar-refractivity contribution in [2.24, 2.45) is 0 Å². The van der Waals surface area contributed by atoms with Gasteiger partial charge in [0.25, 0.3) is 5.91 Å². The van der Waals surface area contributed by atoms with Gasteiger partial charge in [-0.3, -0.25) is 4.79 Å². The molecule has 0 unspecified atom stereocenters. The third kappa shape index (κ3) is 3.26. The van der Waals surface area contributed by atoms with Gasteiger partial charge < -0.3 is 5.32 Å². The van der Waals surface area contributed by atoms with Crippen molar-refractivity contribution in [3.8, 4) is 10.4 Å². The van der Waals surface area contributed by atoms with Crippen LogP contribution in [0.1, 0.15) is 20.8 Å². The van der Waals surface area contributed by atoms with Crippen LogP contribution in [-0.2, 0) is 15.6 Å². The summed E-state index contributed by atoms with van der Waals surface area (Å²) in [5.41, 5.74) is 1.95. The molecule has 0 aliphatic carbocycles. The van der Waals surface area contributed by atoms with Crippen molar-refractivity contribution in [2.45, 2.75) is 17.6 Å². The lowest BCUT2D eigenvalue weighted by molar-refractivity contribution is 0.103. The zero-order chi connectivity index (χ0) is 19.3. The fourth-order valence-electron chi connectivity index (χ4n) is 2.96. The highest BCUT2D eigenvalue weighted by atomic mass is 35.5. The molecule has 0 spiro atoms. The van der Waals surface area contributed by atoms with Gasteiger partial charge in [-0.15, -0.1) is 11.3 Å². The van der Waals surface area contributed by atoms with E-state index in [0.717, 1.165) is 4.88 Å². The predicted octanol–water partition coefficient (Wildman–Crippen LogP) is 5.06. The van der Waals surface area contributed by atoms with Gasteiger partial charge in [-0.05, 0) is 48.4 Å². The Kier molecular flexibility index (Phi) is 4.33. The quantitative estimate of drug-likeness (QED) is 0.629. The van der Waals surface area contributed by atoms with Gasteiger partial charge in [0.05, 0.1) is 15.5 Å². The molecule has 0 radical (unpaired) electrons. The molecule has 2 aromatic carbocycles. The van der Waals surface area contributed by atoms with E-state index >= 15 is 0 Å². The van der Waals surface area contributed by atoms with E-state index in [0.29, 0.717) is 32.3 Å². The maximum absolute atomic E-state index is 13.7. The lowest BCUT2D eigenvalue weighted by Crippen LogP contribution is -2.11. The molecule has 1 N–H and O–H groups in total. The summed E-state index contributed by atoms with van der Waals surface area (Å²) in [5, 5.41) is 2.99. The van der Waals surface area contributed by atoms with Gasteiger partial charge in [0, 0.05) is 21.2 Å². The molecule has 3 aromatic rings. The summed E-state index contributed by atoms with van der Waals surface area (Å²) in [5.74, 6) is -1.00. The molecule has 4 nitrogen and oxygen atoms in total. The average molecular weight is 422 g/mol. The molecule has 0 fully saturated rings. The molecule has 0 atom stereocenters. The van der Waals surface area contributed by atoms with E-state index in [1.54, 1.807) is 37.3 Å². The van der Waals surface area contributed by atoms with Crippen molar-refractivity contribution in [3.63, 3.8) is 0 Å². The third-order valence-electron chi connectivity index (χ3n) is 4.33. The summed E-state index contributed by atoms with van der Waals surface area (Å²) in [7, 11) is -3.52. The molecule has 27 heavy (non-hydrogen) atoms. The Morgan fingerprint density at radius 1 is 1.19 bits per heavy atom. The van der Waals surface area contributed by atoms with Crippen molar-refractivity contribution in [2.75, 3.05) is 5.32 Å². The zero-order valence-corrected chi connectivity index (χ0v) is 16.4. The monoisotopic (exact) mass is 421 g/mol. The molecular formula is C19H13ClFNO3S2. The van der Waals surface area contributed by atoms with Crippen LogP contribution in [0.3, 0.4) is 0 Å². The van der Waals surface area contributed by atoms with Crippen LogP contribution < -0.4 is 5.32 Å². The Balaban J connectivity index is 1.71. The van der Waals surface area contributed by atoms with Crippen LogP contribution in [0.5, 0.6) is 0 Å². The van der Waals surface area contributed by atoms with E-state index in [-0.39, 0.29) is 10.6 Å². The number of rotatable bonds is 2. The average Bonchev–Trinajstić information content (AvgIpc) is 3.01. The molecule has 1 aliphatic rings. The first kappa shape index (κ1) is 18.2. The Hall–Kier alpha value is -2.22. The number of fused-ring (bicyclic) bond motifs is 3. The van der Waals surface area contributed by atoms with Crippen molar-refractivity contribution in [1.82, 2.24) is 0 Å². The standard InChI is InChI=1S/C19H13ClFNO3S2/c1-10-2-4-13(8-15(10)21)22-19(23)16-6-11-9-27(24,25)17-7-12(20)3-5-14(17)18(11)26-16/h2-8H,9H2,1H3,(H,22,23). The van der Waals surface area contributed by atoms with E-state index in [9.17, 15) is 17.6 Å². The molecule has 0 saturated heterocycles. The Morgan fingerprint density at radius 3 is 2.70 bits per heavy atom. The minimum atomic E-state index is -3.52. The fourth-order valence-corrected chi connectivity index (χ4v) is 6.07. The first-order valence-electron chi connectivity index (χ1n) is 7.97. The molecule has 1 aliphatic heterocycles. The molecule has 4 rings (SSSR count). The Morgan fingerprint density at radius 2 is 1.96 bits per heavy atom. The van der Waals surface area contributed by atoms with Crippen molar-refractivity contribution in [1.29, 1.82) is 0 Å². The minimum Gasteiger partial charge on any atom is -0.321 e. The van der Waals surface area contributed by atoms with Crippen LogP contribution in [0.15, 0.2) is 47.4 Å². The van der Waals surface area contributed by atoms with E-state index < -0.39 is 21.6 Å². The van der Waals surface area contributed by atoms with Gasteiger partial charge >= 0.3 is 0 Å². The number of carbonyl (C=O) groups excluding carboxylic acids is 1. The number of anilines is 1. The highest BCUT2D eigenvalue weighted by Gasteiger charge is 2.31. The zero-order valence-electron chi connectivity index (χ0n) is 14.0.